The van der Waals surface area contributed by atoms with E-state index in [0.717, 1.165) is 6.07 Å². The number of fused-ring (bicyclic) bond motifs is 3. The molecule has 2 N–H and O–H groups in total. The average molecular weight is 300 g/mol. The molecule has 0 bridgehead atoms. The van der Waals surface area contributed by atoms with Gasteiger partial charge >= 0.3 is 6.18 Å². The third kappa shape index (κ3) is 2.26. The Morgan fingerprint density at radius 1 is 1.38 bits per heavy atom. The number of benzene rings is 1. The van der Waals surface area contributed by atoms with E-state index in [1.54, 1.807) is 10.6 Å². The molecule has 114 valence electrons. The Morgan fingerprint density at radius 2 is 2.14 bits per heavy atom. The van der Waals surface area contributed by atoms with Crippen molar-refractivity contribution in [2.45, 2.75) is 25.9 Å². The van der Waals surface area contributed by atoms with Crippen LogP contribution >= 0.6 is 0 Å². The van der Waals surface area contributed by atoms with E-state index >= 15 is 0 Å². The van der Waals surface area contributed by atoms with E-state index in [4.69, 9.17) is 4.74 Å². The van der Waals surface area contributed by atoms with Gasteiger partial charge in [-0.1, -0.05) is 0 Å². The second-order valence-corrected chi connectivity index (χ2v) is 5.10. The highest BCUT2D eigenvalue weighted by Gasteiger charge is 2.36. The second-order valence-electron chi connectivity index (χ2n) is 5.10. The third-order valence-electron chi connectivity index (χ3n) is 3.74. The number of halogens is 3. The molecule has 0 saturated heterocycles. The highest BCUT2D eigenvalue weighted by molar-refractivity contribution is 5.94. The molecule has 1 aliphatic rings. The predicted octanol–water partition coefficient (Wildman–Crippen LogP) is 2.62. The molecular formula is C14H15F3N2O2. The molecule has 7 heteroatoms. The highest BCUT2D eigenvalue weighted by atomic mass is 19.4. The molecule has 21 heavy (non-hydrogen) atoms. The Kier molecular flexibility index (Phi) is 3.33. The molecule has 0 atom stereocenters. The molecule has 2 aromatic rings. The van der Waals surface area contributed by atoms with Crippen molar-refractivity contribution in [1.29, 1.82) is 0 Å². The molecule has 0 fully saturated rings. The first-order chi connectivity index (χ1) is 9.93. The van der Waals surface area contributed by atoms with Gasteiger partial charge in [-0.2, -0.15) is 13.2 Å². The van der Waals surface area contributed by atoms with Gasteiger partial charge in [-0.3, -0.25) is 0 Å². The van der Waals surface area contributed by atoms with E-state index in [2.05, 4.69) is 5.32 Å². The van der Waals surface area contributed by atoms with Gasteiger partial charge in [-0.05, 0) is 17.7 Å². The van der Waals surface area contributed by atoms with Crippen LogP contribution < -0.4 is 5.32 Å². The van der Waals surface area contributed by atoms with Gasteiger partial charge in [0, 0.05) is 37.8 Å². The average Bonchev–Trinajstić information content (AvgIpc) is 2.72. The van der Waals surface area contributed by atoms with Crippen LogP contribution in [0.25, 0.3) is 10.8 Å². The number of alkyl halides is 3. The Bertz CT molecular complexity index is 692. The number of aromatic nitrogens is 1. The number of hydrogen-bond donors (Lipinski definition) is 2. The molecule has 1 aromatic heterocycles. The standard InChI is InChI=1S/C14H15F3N2O2/c1-21-7-8-4-9-11-6-18-2-3-19(11)13(20)12(9)10(5-8)14(15,16)17/h4-5,18,20H,2-3,6-7H2,1H3. The minimum absolute atomic E-state index is 0.0951. The van der Waals surface area contributed by atoms with Crippen LogP contribution in [-0.4, -0.2) is 23.3 Å². The van der Waals surface area contributed by atoms with Crippen molar-refractivity contribution in [2.24, 2.45) is 0 Å². The van der Waals surface area contributed by atoms with E-state index in [9.17, 15) is 18.3 Å². The van der Waals surface area contributed by atoms with Crippen LogP contribution in [-0.2, 0) is 30.6 Å². The van der Waals surface area contributed by atoms with E-state index in [1.165, 1.54) is 7.11 Å². The second kappa shape index (κ2) is 4.92. The normalized spacial score (nSPS) is 15.4. The quantitative estimate of drug-likeness (QED) is 0.896. The van der Waals surface area contributed by atoms with Crippen molar-refractivity contribution in [3.8, 4) is 5.88 Å². The number of nitrogens with one attached hydrogen (secondary N) is 1. The maximum atomic E-state index is 13.3. The topological polar surface area (TPSA) is 46.4 Å². The van der Waals surface area contributed by atoms with Crippen molar-refractivity contribution in [3.05, 3.63) is 29.0 Å². The summed E-state index contributed by atoms with van der Waals surface area (Å²) in [5.41, 5.74) is 0.306. The predicted molar refractivity (Wildman–Crippen MR) is 71.0 cm³/mol. The minimum Gasteiger partial charge on any atom is -0.494 e. The smallest absolute Gasteiger partial charge is 0.417 e. The van der Waals surface area contributed by atoms with Gasteiger partial charge in [0.25, 0.3) is 0 Å². The first-order valence-electron chi connectivity index (χ1n) is 6.57. The number of methoxy groups -OCH3 is 1. The molecular weight excluding hydrogens is 285 g/mol. The van der Waals surface area contributed by atoms with Gasteiger partial charge in [0.1, 0.15) is 0 Å². The number of ether oxygens (including phenoxy) is 1. The fourth-order valence-electron chi connectivity index (χ4n) is 2.88. The van der Waals surface area contributed by atoms with Crippen LogP contribution in [0.2, 0.25) is 0 Å². The SMILES string of the molecule is COCc1cc(C(F)(F)F)c2c(O)n3c(c2c1)CNCC3. The summed E-state index contributed by atoms with van der Waals surface area (Å²) in [6, 6.07) is 2.71. The van der Waals surface area contributed by atoms with Crippen molar-refractivity contribution < 1.29 is 23.0 Å². The van der Waals surface area contributed by atoms with Gasteiger partial charge in [0.15, 0.2) is 5.88 Å². The lowest BCUT2D eigenvalue weighted by molar-refractivity contribution is -0.136. The number of hydrogen-bond acceptors (Lipinski definition) is 3. The van der Waals surface area contributed by atoms with Crippen LogP contribution in [0.5, 0.6) is 5.88 Å². The van der Waals surface area contributed by atoms with Crippen molar-refractivity contribution in [1.82, 2.24) is 9.88 Å². The van der Waals surface area contributed by atoms with Crippen molar-refractivity contribution in [2.75, 3.05) is 13.7 Å². The highest BCUT2D eigenvalue weighted by Crippen LogP contribution is 2.43. The molecule has 0 spiro atoms. The van der Waals surface area contributed by atoms with Crippen LogP contribution in [0.15, 0.2) is 12.1 Å². The minimum atomic E-state index is -4.52. The van der Waals surface area contributed by atoms with Crippen LogP contribution in [0.4, 0.5) is 13.2 Å². The van der Waals surface area contributed by atoms with Gasteiger partial charge in [0.05, 0.1) is 17.6 Å². The number of nitrogens with zero attached hydrogens (tertiary/aromatic N) is 1. The van der Waals surface area contributed by atoms with E-state index in [1.807, 2.05) is 0 Å². The lowest BCUT2D eigenvalue weighted by Gasteiger charge is -2.17. The fourth-order valence-corrected chi connectivity index (χ4v) is 2.88. The summed E-state index contributed by atoms with van der Waals surface area (Å²) in [5, 5.41) is 13.6. The lowest BCUT2D eigenvalue weighted by atomic mass is 10.0. The Morgan fingerprint density at radius 3 is 2.81 bits per heavy atom. The molecule has 1 aliphatic heterocycles. The maximum absolute atomic E-state index is 13.3. The summed E-state index contributed by atoms with van der Waals surface area (Å²) in [6.45, 7) is 1.60. The monoisotopic (exact) mass is 300 g/mol. The molecule has 0 saturated carbocycles. The molecule has 2 heterocycles. The van der Waals surface area contributed by atoms with E-state index < -0.39 is 11.7 Å². The fraction of sp³-hybridized carbons (Fsp3) is 0.429. The van der Waals surface area contributed by atoms with E-state index in [-0.39, 0.29) is 17.9 Å². The van der Waals surface area contributed by atoms with Gasteiger partial charge < -0.3 is 19.7 Å². The zero-order valence-corrected chi connectivity index (χ0v) is 11.4. The first kappa shape index (κ1) is 14.2. The number of aromatic hydroxyl groups is 1. The maximum Gasteiger partial charge on any atom is 0.417 e. The first-order valence-corrected chi connectivity index (χ1v) is 6.57. The Hall–Kier alpha value is -1.73. The summed E-state index contributed by atoms with van der Waals surface area (Å²) < 4.78 is 46.4. The molecule has 0 radical (unpaired) electrons. The van der Waals surface area contributed by atoms with Gasteiger partial charge in [-0.25, -0.2) is 0 Å². The van der Waals surface area contributed by atoms with Gasteiger partial charge in [-0.15, -0.1) is 0 Å². The van der Waals surface area contributed by atoms with Crippen LogP contribution in [0.1, 0.15) is 16.8 Å². The molecule has 4 nitrogen and oxygen atoms in total. The van der Waals surface area contributed by atoms with Gasteiger partial charge in [0.2, 0.25) is 0 Å². The van der Waals surface area contributed by atoms with Crippen LogP contribution in [0.3, 0.4) is 0 Å². The summed E-state index contributed by atoms with van der Waals surface area (Å²) in [4.78, 5) is 0. The summed E-state index contributed by atoms with van der Waals surface area (Å²) in [6.07, 6.45) is -4.52. The summed E-state index contributed by atoms with van der Waals surface area (Å²) in [5.74, 6) is -0.308. The molecule has 1 aromatic carbocycles. The zero-order chi connectivity index (χ0) is 15.2. The van der Waals surface area contributed by atoms with Crippen LogP contribution in [0, 0.1) is 0 Å². The molecule has 0 unspecified atom stereocenters. The molecule has 0 aliphatic carbocycles. The lowest BCUT2D eigenvalue weighted by Crippen LogP contribution is -2.27. The molecule has 0 amide bonds. The third-order valence-corrected chi connectivity index (χ3v) is 3.74. The Balaban J connectivity index is 2.35. The largest absolute Gasteiger partial charge is 0.494 e. The Labute approximate surface area is 119 Å². The summed E-state index contributed by atoms with van der Waals surface area (Å²) in [7, 11) is 1.44. The van der Waals surface area contributed by atoms with Crippen molar-refractivity contribution in [3.63, 3.8) is 0 Å². The number of rotatable bonds is 2. The molecule has 3 rings (SSSR count). The van der Waals surface area contributed by atoms with E-state index in [0.29, 0.717) is 36.3 Å². The van der Waals surface area contributed by atoms with Crippen molar-refractivity contribution >= 4 is 10.8 Å². The zero-order valence-electron chi connectivity index (χ0n) is 11.4. The summed E-state index contributed by atoms with van der Waals surface area (Å²) >= 11 is 0.